The van der Waals surface area contributed by atoms with Gasteiger partial charge in [-0.1, -0.05) is 13.1 Å². The third-order valence-corrected chi connectivity index (χ3v) is 3.43. The summed E-state index contributed by atoms with van der Waals surface area (Å²) >= 11 is 0. The SMILES string of the molecule is C[SiH](C)C1=[C-]CC=C1.[Cl-].[Cl-].[Ti+4].[c-]1ccc[nH]1. The summed E-state index contributed by atoms with van der Waals surface area (Å²) in [6, 6.07) is 3.71. The van der Waals surface area contributed by atoms with Crippen molar-refractivity contribution in [2.75, 3.05) is 0 Å². The van der Waals surface area contributed by atoms with Crippen molar-refractivity contribution in [1.29, 1.82) is 0 Å². The molecule has 16 heavy (non-hydrogen) atoms. The number of aromatic nitrogens is 1. The Morgan fingerprint density at radius 3 is 2.19 bits per heavy atom. The molecular weight excluding hydrogens is 293 g/mol. The number of allylic oxidation sites excluding steroid dienone is 4. The third kappa shape index (κ3) is 9.49. The topological polar surface area (TPSA) is 15.8 Å². The molecule has 0 fully saturated rings. The molecule has 1 aromatic rings. The minimum atomic E-state index is -0.504. The van der Waals surface area contributed by atoms with Crippen LogP contribution in [0.4, 0.5) is 0 Å². The quantitative estimate of drug-likeness (QED) is 0.410. The average molecular weight is 308 g/mol. The monoisotopic (exact) mass is 307 g/mol. The fourth-order valence-corrected chi connectivity index (χ4v) is 2.11. The molecule has 2 rings (SSSR count). The summed E-state index contributed by atoms with van der Waals surface area (Å²) in [6.07, 6.45) is 13.3. The number of nitrogens with one attached hydrogen (secondary N) is 1. The van der Waals surface area contributed by atoms with E-state index in [1.807, 2.05) is 18.3 Å². The predicted molar refractivity (Wildman–Crippen MR) is 59.0 cm³/mol. The van der Waals surface area contributed by atoms with E-state index in [4.69, 9.17) is 0 Å². The van der Waals surface area contributed by atoms with Crippen LogP contribution in [0.2, 0.25) is 13.1 Å². The first-order chi connectivity index (χ1) is 6.30. The van der Waals surface area contributed by atoms with Crippen LogP contribution in [0.25, 0.3) is 0 Å². The molecule has 0 radical (unpaired) electrons. The van der Waals surface area contributed by atoms with Crippen molar-refractivity contribution in [3.05, 3.63) is 48.0 Å². The molecule has 0 bridgehead atoms. The largest absolute Gasteiger partial charge is 4.00 e. The summed E-state index contributed by atoms with van der Waals surface area (Å²) in [4.78, 5) is 2.74. The van der Waals surface area contributed by atoms with Gasteiger partial charge in [-0.25, -0.2) is 11.3 Å². The van der Waals surface area contributed by atoms with E-state index in [9.17, 15) is 0 Å². The number of hydrogen-bond acceptors (Lipinski definition) is 0. The maximum absolute atomic E-state index is 3.32. The molecule has 0 atom stereocenters. The molecule has 0 spiro atoms. The van der Waals surface area contributed by atoms with Crippen LogP contribution < -0.4 is 24.8 Å². The first kappa shape index (κ1) is 21.5. The zero-order valence-corrected chi connectivity index (χ0v) is 13.7. The van der Waals surface area contributed by atoms with Gasteiger partial charge in [0, 0.05) is 8.80 Å². The summed E-state index contributed by atoms with van der Waals surface area (Å²) in [5.41, 5.74) is 0. The molecule has 0 unspecified atom stereocenters. The van der Waals surface area contributed by atoms with Gasteiger partial charge in [-0.15, -0.1) is 12.6 Å². The zero-order chi connectivity index (χ0) is 9.52. The number of halogens is 2. The van der Waals surface area contributed by atoms with Crippen molar-refractivity contribution in [2.24, 2.45) is 0 Å². The molecule has 5 heteroatoms. The normalized spacial score (nSPS) is 11.3. The van der Waals surface area contributed by atoms with Crippen molar-refractivity contribution in [3.8, 4) is 0 Å². The molecule has 0 saturated heterocycles. The number of rotatable bonds is 1. The number of aromatic amines is 1. The van der Waals surface area contributed by atoms with Gasteiger partial charge in [0.2, 0.25) is 0 Å². The molecule has 1 N–H and O–H groups in total. The van der Waals surface area contributed by atoms with Crippen LogP contribution in [0.15, 0.2) is 35.7 Å². The van der Waals surface area contributed by atoms with Crippen molar-refractivity contribution >= 4 is 8.80 Å². The van der Waals surface area contributed by atoms with Gasteiger partial charge < -0.3 is 29.8 Å². The van der Waals surface area contributed by atoms with Gasteiger partial charge in [-0.2, -0.15) is 24.4 Å². The van der Waals surface area contributed by atoms with Gasteiger partial charge in [0.15, 0.2) is 0 Å². The van der Waals surface area contributed by atoms with Crippen LogP contribution in [0.1, 0.15) is 6.42 Å². The zero-order valence-electron chi connectivity index (χ0n) is 9.43. The molecule has 0 aliphatic heterocycles. The molecule has 1 aliphatic carbocycles. The molecule has 0 amide bonds. The van der Waals surface area contributed by atoms with Crippen LogP contribution in [-0.4, -0.2) is 13.8 Å². The van der Waals surface area contributed by atoms with E-state index in [0.29, 0.717) is 0 Å². The fraction of sp³-hybridized carbons (Fsp3) is 0.273. The molecular formula is C11H15Cl2NSiTi. The summed E-state index contributed by atoms with van der Waals surface area (Å²) in [5, 5.41) is 1.50. The Balaban J connectivity index is -0.000000189. The average Bonchev–Trinajstić information content (AvgIpc) is 2.82. The summed E-state index contributed by atoms with van der Waals surface area (Å²) in [6.45, 7) is 4.66. The standard InChI is InChI=1S/C7H11Si.C4H4N.2ClH.Ti/c1-8(2)7-5-3-4-6-7;1-2-4-5-3-1;;;/h3,5,8H,4H2,1-2H3;1-3,5H;2*1H;/q2*-1;;;+4/p-2. The molecule has 86 valence electrons. The Bertz CT molecular complexity index is 267. The van der Waals surface area contributed by atoms with Crippen LogP contribution in [0.5, 0.6) is 0 Å². The van der Waals surface area contributed by atoms with E-state index < -0.39 is 8.80 Å². The summed E-state index contributed by atoms with van der Waals surface area (Å²) in [7, 11) is -0.504. The smallest absolute Gasteiger partial charge is 1.00 e. The van der Waals surface area contributed by atoms with E-state index >= 15 is 0 Å². The number of hydrogen-bond donors (Lipinski definition) is 1. The second-order valence-corrected chi connectivity index (χ2v) is 6.14. The van der Waals surface area contributed by atoms with Gasteiger partial charge in [-0.05, 0) is 0 Å². The van der Waals surface area contributed by atoms with Crippen molar-refractivity contribution < 1.29 is 46.5 Å². The molecule has 1 heterocycles. The fourth-order valence-electron chi connectivity index (χ4n) is 1.06. The summed E-state index contributed by atoms with van der Waals surface area (Å²) in [5.74, 6) is 0. The Kier molecular flexibility index (Phi) is 18.0. The first-order valence-corrected chi connectivity index (χ1v) is 7.46. The minimum absolute atomic E-state index is 0. The van der Waals surface area contributed by atoms with E-state index in [1.165, 1.54) is 5.20 Å². The Hall–Kier alpha value is 0.271. The van der Waals surface area contributed by atoms with E-state index in [0.717, 1.165) is 6.42 Å². The molecule has 1 aromatic heterocycles. The third-order valence-electron chi connectivity index (χ3n) is 1.79. The Labute approximate surface area is 127 Å². The van der Waals surface area contributed by atoms with Gasteiger partial charge in [-0.3, -0.25) is 6.08 Å². The number of H-pyrrole nitrogens is 1. The van der Waals surface area contributed by atoms with E-state index in [-0.39, 0.29) is 46.5 Å². The maximum Gasteiger partial charge on any atom is 4.00 e. The Morgan fingerprint density at radius 2 is 2.00 bits per heavy atom. The van der Waals surface area contributed by atoms with E-state index in [2.05, 4.69) is 42.5 Å². The van der Waals surface area contributed by atoms with Crippen LogP contribution in [-0.2, 0) is 21.7 Å². The van der Waals surface area contributed by atoms with Gasteiger partial charge >= 0.3 is 21.7 Å². The second-order valence-electron chi connectivity index (χ2n) is 3.21. The van der Waals surface area contributed by atoms with Crippen molar-refractivity contribution in [3.63, 3.8) is 0 Å². The van der Waals surface area contributed by atoms with E-state index in [1.54, 1.807) is 0 Å². The van der Waals surface area contributed by atoms with Crippen molar-refractivity contribution in [2.45, 2.75) is 19.5 Å². The second kappa shape index (κ2) is 13.3. The molecule has 0 aromatic carbocycles. The van der Waals surface area contributed by atoms with Crippen LogP contribution in [0, 0.1) is 12.3 Å². The van der Waals surface area contributed by atoms with Crippen LogP contribution >= 0.6 is 0 Å². The van der Waals surface area contributed by atoms with Crippen LogP contribution in [0.3, 0.4) is 0 Å². The van der Waals surface area contributed by atoms with Gasteiger partial charge in [0.1, 0.15) is 0 Å². The Morgan fingerprint density at radius 1 is 1.31 bits per heavy atom. The molecule has 1 nitrogen and oxygen atoms in total. The van der Waals surface area contributed by atoms with Gasteiger partial charge in [0.25, 0.3) is 0 Å². The first-order valence-electron chi connectivity index (χ1n) is 4.57. The van der Waals surface area contributed by atoms with Gasteiger partial charge in [0.05, 0.1) is 0 Å². The summed E-state index contributed by atoms with van der Waals surface area (Å²) < 4.78 is 0. The molecule has 0 saturated carbocycles. The van der Waals surface area contributed by atoms with Crippen molar-refractivity contribution in [1.82, 2.24) is 4.98 Å². The molecule has 1 aliphatic rings. The maximum atomic E-state index is 3.32. The predicted octanol–water partition coefficient (Wildman–Crippen LogP) is -3.48. The minimum Gasteiger partial charge on any atom is -1.00 e.